The van der Waals surface area contributed by atoms with Crippen molar-refractivity contribution in [3.05, 3.63) is 110 Å². The van der Waals surface area contributed by atoms with Gasteiger partial charge in [-0.15, -0.1) is 0 Å². The van der Waals surface area contributed by atoms with Crippen LogP contribution in [0.4, 0.5) is 11.4 Å². The van der Waals surface area contributed by atoms with E-state index in [1.165, 1.54) is 44.5 Å². The molecule has 0 aliphatic carbocycles. The third-order valence-electron chi connectivity index (χ3n) is 6.56. The van der Waals surface area contributed by atoms with Gasteiger partial charge in [0.05, 0.1) is 28.8 Å². The van der Waals surface area contributed by atoms with Crippen LogP contribution < -0.4 is 14.5 Å². The zero-order valence-electron chi connectivity index (χ0n) is 23.2. The SMILES string of the molecule is COc1ccc(N(CC(=O)N/N=C/c2cc(C)n(-c3ccc(Cl)cc3)c2C)S(=O)(=O)c2ccc(C)c([N+](=O)[O-])c2)cc1. The minimum atomic E-state index is -4.40. The number of amides is 1. The standard InChI is InChI=1S/C29H28ClN5O6S/c1-19-5-14-27(16-28(19)35(37)38)42(39,40)33(24-10-12-26(41-4)13-11-24)18-29(36)32-31-17-22-15-20(2)34(21(22)3)25-8-6-23(30)7-9-25/h5-17H,18H2,1-4H3,(H,32,36)/b31-17+. The number of aryl methyl sites for hydroxylation is 2. The maximum atomic E-state index is 13.7. The number of sulfonamides is 1. The number of carbonyl (C=O) groups excluding carboxylic acids is 1. The average Bonchev–Trinajstić information content (AvgIpc) is 3.24. The van der Waals surface area contributed by atoms with Crippen molar-refractivity contribution in [3.63, 3.8) is 0 Å². The van der Waals surface area contributed by atoms with Crippen LogP contribution in [0.25, 0.3) is 5.69 Å². The lowest BCUT2D eigenvalue weighted by Crippen LogP contribution is -2.39. The van der Waals surface area contributed by atoms with Crippen molar-refractivity contribution in [1.82, 2.24) is 9.99 Å². The topological polar surface area (TPSA) is 136 Å². The predicted molar refractivity (Wildman–Crippen MR) is 161 cm³/mol. The first-order valence-electron chi connectivity index (χ1n) is 12.6. The summed E-state index contributed by atoms with van der Waals surface area (Å²) in [5.74, 6) is -0.244. The van der Waals surface area contributed by atoms with E-state index in [0.29, 0.717) is 16.3 Å². The minimum Gasteiger partial charge on any atom is -0.497 e. The van der Waals surface area contributed by atoms with Crippen molar-refractivity contribution in [2.45, 2.75) is 25.7 Å². The molecule has 0 aliphatic heterocycles. The summed E-state index contributed by atoms with van der Waals surface area (Å²) in [7, 11) is -2.93. The lowest BCUT2D eigenvalue weighted by Gasteiger charge is -2.24. The number of nitrogens with zero attached hydrogens (tertiary/aromatic N) is 4. The van der Waals surface area contributed by atoms with Gasteiger partial charge in [-0.3, -0.25) is 19.2 Å². The van der Waals surface area contributed by atoms with E-state index in [-0.39, 0.29) is 16.3 Å². The number of ether oxygens (including phenoxy) is 1. The summed E-state index contributed by atoms with van der Waals surface area (Å²) < 4.78 is 35.4. The fourth-order valence-electron chi connectivity index (χ4n) is 4.38. The molecule has 4 rings (SSSR count). The van der Waals surface area contributed by atoms with Gasteiger partial charge in [0.15, 0.2) is 0 Å². The molecule has 11 nitrogen and oxygen atoms in total. The van der Waals surface area contributed by atoms with E-state index in [1.807, 2.05) is 36.6 Å². The van der Waals surface area contributed by atoms with E-state index in [1.54, 1.807) is 24.3 Å². The Morgan fingerprint density at radius 1 is 1.07 bits per heavy atom. The molecule has 4 aromatic rings. The first-order chi connectivity index (χ1) is 19.9. The van der Waals surface area contributed by atoms with Gasteiger partial charge in [0.2, 0.25) is 0 Å². The normalized spacial score (nSPS) is 11.5. The summed E-state index contributed by atoms with van der Waals surface area (Å²) in [6, 6.07) is 18.9. The molecule has 42 heavy (non-hydrogen) atoms. The van der Waals surface area contributed by atoms with Crippen LogP contribution >= 0.6 is 11.6 Å². The molecule has 0 aliphatic rings. The Hall–Kier alpha value is -4.68. The number of hydrazone groups is 1. The van der Waals surface area contributed by atoms with Crippen molar-refractivity contribution < 1.29 is 22.9 Å². The smallest absolute Gasteiger partial charge is 0.273 e. The number of benzene rings is 3. The number of methoxy groups -OCH3 is 1. The monoisotopic (exact) mass is 609 g/mol. The molecule has 1 heterocycles. The Morgan fingerprint density at radius 3 is 2.36 bits per heavy atom. The summed E-state index contributed by atoms with van der Waals surface area (Å²) >= 11 is 6.01. The molecule has 0 radical (unpaired) electrons. The first kappa shape index (κ1) is 30.3. The second kappa shape index (κ2) is 12.5. The van der Waals surface area contributed by atoms with Crippen LogP contribution in [0.15, 0.2) is 82.8 Å². The van der Waals surface area contributed by atoms with Gasteiger partial charge in [-0.05, 0) is 81.4 Å². The maximum Gasteiger partial charge on any atom is 0.273 e. The Balaban J connectivity index is 1.59. The lowest BCUT2D eigenvalue weighted by molar-refractivity contribution is -0.385. The van der Waals surface area contributed by atoms with Crippen LogP contribution in [0, 0.1) is 30.9 Å². The summed E-state index contributed by atoms with van der Waals surface area (Å²) in [5.41, 5.74) is 5.96. The van der Waals surface area contributed by atoms with E-state index in [2.05, 4.69) is 10.5 Å². The van der Waals surface area contributed by atoms with Crippen molar-refractivity contribution in [2.24, 2.45) is 5.10 Å². The first-order valence-corrected chi connectivity index (χ1v) is 14.4. The van der Waals surface area contributed by atoms with Gasteiger partial charge < -0.3 is 9.30 Å². The second-order valence-electron chi connectivity index (χ2n) is 9.35. The van der Waals surface area contributed by atoms with E-state index < -0.39 is 27.4 Å². The Labute approximate surface area is 248 Å². The number of anilines is 1. The lowest BCUT2D eigenvalue weighted by atomic mass is 10.2. The Morgan fingerprint density at radius 2 is 1.74 bits per heavy atom. The molecule has 0 unspecified atom stereocenters. The van der Waals surface area contributed by atoms with Crippen LogP contribution in [-0.4, -0.2) is 43.7 Å². The molecule has 218 valence electrons. The zero-order valence-corrected chi connectivity index (χ0v) is 24.8. The third kappa shape index (κ3) is 6.45. The van der Waals surface area contributed by atoms with Gasteiger partial charge in [0.1, 0.15) is 12.3 Å². The summed E-state index contributed by atoms with van der Waals surface area (Å²) in [4.78, 5) is 23.5. The molecule has 3 aromatic carbocycles. The van der Waals surface area contributed by atoms with Crippen LogP contribution in [0.5, 0.6) is 5.75 Å². The Kier molecular flexibility index (Phi) is 8.98. The molecule has 0 saturated heterocycles. The van der Waals surface area contributed by atoms with Gasteiger partial charge in [0, 0.05) is 39.3 Å². The molecule has 0 atom stereocenters. The second-order valence-corrected chi connectivity index (χ2v) is 11.6. The summed E-state index contributed by atoms with van der Waals surface area (Å²) in [6.07, 6.45) is 1.47. The van der Waals surface area contributed by atoms with Gasteiger partial charge >= 0.3 is 0 Å². The largest absolute Gasteiger partial charge is 0.497 e. The summed E-state index contributed by atoms with van der Waals surface area (Å²) in [5, 5.41) is 16.1. The molecule has 1 amide bonds. The van der Waals surface area contributed by atoms with Gasteiger partial charge in [-0.1, -0.05) is 17.7 Å². The number of aromatic nitrogens is 1. The number of nitro benzene ring substituents is 1. The van der Waals surface area contributed by atoms with Crippen molar-refractivity contribution >= 4 is 45.1 Å². The molecule has 1 N–H and O–H groups in total. The molecule has 0 spiro atoms. The van der Waals surface area contributed by atoms with Crippen LogP contribution in [-0.2, 0) is 14.8 Å². The van der Waals surface area contributed by atoms with Gasteiger partial charge in [-0.25, -0.2) is 13.8 Å². The number of hydrogen-bond acceptors (Lipinski definition) is 7. The number of nitrogens with one attached hydrogen (secondary N) is 1. The molecular weight excluding hydrogens is 582 g/mol. The maximum absolute atomic E-state index is 13.7. The highest BCUT2D eigenvalue weighted by Crippen LogP contribution is 2.29. The van der Waals surface area contributed by atoms with E-state index in [4.69, 9.17) is 16.3 Å². The quantitative estimate of drug-likeness (QED) is 0.147. The predicted octanol–water partition coefficient (Wildman–Crippen LogP) is 5.32. The van der Waals surface area contributed by atoms with Crippen LogP contribution in [0.3, 0.4) is 0 Å². The molecule has 0 fully saturated rings. The van der Waals surface area contributed by atoms with Crippen LogP contribution in [0.2, 0.25) is 5.02 Å². The highest BCUT2D eigenvalue weighted by atomic mass is 35.5. The summed E-state index contributed by atoms with van der Waals surface area (Å²) in [6.45, 7) is 4.71. The van der Waals surface area contributed by atoms with Gasteiger partial charge in [-0.2, -0.15) is 5.10 Å². The van der Waals surface area contributed by atoms with Crippen LogP contribution in [0.1, 0.15) is 22.5 Å². The molecule has 0 saturated carbocycles. The minimum absolute atomic E-state index is 0.157. The molecule has 0 bridgehead atoms. The zero-order chi connectivity index (χ0) is 30.6. The van der Waals surface area contributed by atoms with E-state index in [9.17, 15) is 23.3 Å². The molecular formula is C29H28ClN5O6S. The fraction of sp³-hybridized carbons (Fsp3) is 0.172. The van der Waals surface area contributed by atoms with Crippen molar-refractivity contribution in [3.8, 4) is 11.4 Å². The third-order valence-corrected chi connectivity index (χ3v) is 8.58. The fourth-order valence-corrected chi connectivity index (χ4v) is 5.95. The highest BCUT2D eigenvalue weighted by Gasteiger charge is 2.29. The number of halogens is 1. The number of rotatable bonds is 10. The van der Waals surface area contributed by atoms with Crippen molar-refractivity contribution in [1.29, 1.82) is 0 Å². The highest BCUT2D eigenvalue weighted by molar-refractivity contribution is 7.92. The molecule has 1 aromatic heterocycles. The number of nitro groups is 1. The van der Waals surface area contributed by atoms with E-state index in [0.717, 1.165) is 33.0 Å². The Bertz CT molecular complexity index is 1770. The number of hydrogen-bond donors (Lipinski definition) is 1. The average molecular weight is 610 g/mol. The van der Waals surface area contributed by atoms with Gasteiger partial charge in [0.25, 0.3) is 21.6 Å². The number of carbonyl (C=O) groups is 1. The van der Waals surface area contributed by atoms with Crippen molar-refractivity contribution in [2.75, 3.05) is 18.0 Å². The van der Waals surface area contributed by atoms with E-state index >= 15 is 0 Å². The molecule has 13 heteroatoms.